The number of likely N-dealkylation sites (N-methyl/N-ethyl adjacent to an activating group) is 1. The van der Waals surface area contributed by atoms with E-state index in [0.29, 0.717) is 6.04 Å². The van der Waals surface area contributed by atoms with E-state index >= 15 is 0 Å². The topological polar surface area (TPSA) is 21.3 Å². The molecule has 0 aliphatic rings. The minimum atomic E-state index is 0.540. The molecule has 0 aliphatic heterocycles. The summed E-state index contributed by atoms with van der Waals surface area (Å²) in [6, 6.07) is 6.95. The molecule has 0 saturated heterocycles. The number of nitrogens with one attached hydrogen (secondary N) is 1. The van der Waals surface area contributed by atoms with E-state index in [1.165, 1.54) is 23.3 Å². The summed E-state index contributed by atoms with van der Waals surface area (Å²) in [6.45, 7) is 5.32. The van der Waals surface area contributed by atoms with Crippen molar-refractivity contribution in [3.05, 3.63) is 29.3 Å². The predicted octanol–water partition coefficient (Wildman–Crippen LogP) is 3.28. The van der Waals surface area contributed by atoms with E-state index in [9.17, 15) is 0 Å². The molecule has 0 saturated carbocycles. The predicted molar refractivity (Wildman–Crippen MR) is 81.9 cm³/mol. The number of ether oxygens (including phenoxy) is 1. The Balaban J connectivity index is 2.74. The Morgan fingerprint density at radius 3 is 2.78 bits per heavy atom. The highest BCUT2D eigenvalue weighted by Crippen LogP contribution is 2.22. The molecule has 0 spiro atoms. The fourth-order valence-electron chi connectivity index (χ4n) is 2.16. The first kappa shape index (κ1) is 15.4. The largest absolute Gasteiger partial charge is 0.496 e. The number of aryl methyl sites for hydroxylation is 1. The van der Waals surface area contributed by atoms with Crippen molar-refractivity contribution in [3.8, 4) is 5.75 Å². The average molecular weight is 267 g/mol. The van der Waals surface area contributed by atoms with Gasteiger partial charge in [0.2, 0.25) is 0 Å². The van der Waals surface area contributed by atoms with Gasteiger partial charge in [0, 0.05) is 6.04 Å². The van der Waals surface area contributed by atoms with Crippen LogP contribution in [0.25, 0.3) is 0 Å². The Kier molecular flexibility index (Phi) is 7.21. The van der Waals surface area contributed by atoms with Crippen LogP contribution in [0.1, 0.15) is 24.5 Å². The molecule has 18 heavy (non-hydrogen) atoms. The summed E-state index contributed by atoms with van der Waals surface area (Å²) in [5.74, 6) is 2.21. The van der Waals surface area contributed by atoms with Crippen molar-refractivity contribution in [2.75, 3.05) is 25.7 Å². The first-order valence-electron chi connectivity index (χ1n) is 6.57. The van der Waals surface area contributed by atoms with Crippen molar-refractivity contribution in [1.82, 2.24) is 5.32 Å². The van der Waals surface area contributed by atoms with Crippen LogP contribution in [0.15, 0.2) is 18.2 Å². The fourth-order valence-corrected chi connectivity index (χ4v) is 2.68. The van der Waals surface area contributed by atoms with Gasteiger partial charge >= 0.3 is 0 Å². The molecule has 3 heteroatoms. The van der Waals surface area contributed by atoms with E-state index in [2.05, 4.69) is 43.6 Å². The van der Waals surface area contributed by atoms with Gasteiger partial charge in [-0.1, -0.05) is 24.6 Å². The van der Waals surface area contributed by atoms with Gasteiger partial charge in [-0.15, -0.1) is 0 Å². The number of benzene rings is 1. The van der Waals surface area contributed by atoms with Crippen LogP contribution in [-0.2, 0) is 6.42 Å². The van der Waals surface area contributed by atoms with Crippen LogP contribution in [0.4, 0.5) is 0 Å². The molecule has 0 fully saturated rings. The highest BCUT2D eigenvalue weighted by Gasteiger charge is 2.11. The highest BCUT2D eigenvalue weighted by atomic mass is 32.2. The van der Waals surface area contributed by atoms with Crippen molar-refractivity contribution in [2.45, 2.75) is 32.7 Å². The van der Waals surface area contributed by atoms with Crippen molar-refractivity contribution in [1.29, 1.82) is 0 Å². The van der Waals surface area contributed by atoms with Crippen molar-refractivity contribution in [3.63, 3.8) is 0 Å². The number of rotatable bonds is 8. The summed E-state index contributed by atoms with van der Waals surface area (Å²) in [4.78, 5) is 0. The van der Waals surface area contributed by atoms with Crippen LogP contribution >= 0.6 is 11.8 Å². The van der Waals surface area contributed by atoms with Crippen molar-refractivity contribution < 1.29 is 4.74 Å². The zero-order chi connectivity index (χ0) is 13.4. The first-order chi connectivity index (χ1) is 8.71. The summed E-state index contributed by atoms with van der Waals surface area (Å²) in [7, 11) is 1.75. The second kappa shape index (κ2) is 8.44. The average Bonchev–Trinajstić information content (AvgIpc) is 2.36. The molecule has 0 aliphatic carbocycles. The van der Waals surface area contributed by atoms with Gasteiger partial charge in [-0.25, -0.2) is 0 Å². The monoisotopic (exact) mass is 267 g/mol. The Morgan fingerprint density at radius 2 is 2.17 bits per heavy atom. The van der Waals surface area contributed by atoms with Gasteiger partial charge in [-0.2, -0.15) is 11.8 Å². The second-order valence-corrected chi connectivity index (χ2v) is 5.54. The highest BCUT2D eigenvalue weighted by molar-refractivity contribution is 7.98. The van der Waals surface area contributed by atoms with Crippen LogP contribution in [0, 0.1) is 6.92 Å². The molecule has 1 N–H and O–H groups in total. The third-order valence-electron chi connectivity index (χ3n) is 3.07. The Morgan fingerprint density at radius 1 is 1.39 bits per heavy atom. The van der Waals surface area contributed by atoms with E-state index in [1.807, 2.05) is 11.8 Å². The molecule has 102 valence electrons. The third-order valence-corrected chi connectivity index (χ3v) is 3.71. The Hall–Kier alpha value is -0.670. The lowest BCUT2D eigenvalue weighted by Gasteiger charge is -2.19. The molecule has 1 unspecified atom stereocenters. The molecule has 1 aromatic carbocycles. The second-order valence-electron chi connectivity index (χ2n) is 4.56. The number of hydrogen-bond donors (Lipinski definition) is 1. The van der Waals surface area contributed by atoms with Crippen molar-refractivity contribution in [2.24, 2.45) is 0 Å². The number of thioether (sulfide) groups is 1. The molecule has 0 bridgehead atoms. The van der Waals surface area contributed by atoms with Gasteiger partial charge in [-0.3, -0.25) is 0 Å². The molecular weight excluding hydrogens is 242 g/mol. The van der Waals surface area contributed by atoms with Crippen molar-refractivity contribution >= 4 is 11.8 Å². The van der Waals surface area contributed by atoms with E-state index in [0.717, 1.165) is 18.7 Å². The van der Waals surface area contributed by atoms with Gasteiger partial charge < -0.3 is 10.1 Å². The van der Waals surface area contributed by atoms with Crippen LogP contribution < -0.4 is 10.1 Å². The van der Waals surface area contributed by atoms with Crippen LogP contribution in [0.3, 0.4) is 0 Å². The summed E-state index contributed by atoms with van der Waals surface area (Å²) in [5, 5.41) is 3.57. The Labute approximate surface area is 116 Å². The maximum atomic E-state index is 5.45. The zero-order valence-electron chi connectivity index (χ0n) is 12.0. The summed E-state index contributed by atoms with van der Waals surface area (Å²) < 4.78 is 5.45. The quantitative estimate of drug-likeness (QED) is 0.781. The fraction of sp³-hybridized carbons (Fsp3) is 0.600. The summed E-state index contributed by atoms with van der Waals surface area (Å²) in [5.41, 5.74) is 2.61. The molecule has 2 nitrogen and oxygen atoms in total. The van der Waals surface area contributed by atoms with E-state index in [-0.39, 0.29) is 0 Å². The van der Waals surface area contributed by atoms with Gasteiger partial charge in [0.05, 0.1) is 7.11 Å². The zero-order valence-corrected chi connectivity index (χ0v) is 12.8. The SMILES string of the molecule is CCNC(CCSC)Cc1cc(C)ccc1OC. The maximum Gasteiger partial charge on any atom is 0.122 e. The normalized spacial score (nSPS) is 12.4. The smallest absolute Gasteiger partial charge is 0.122 e. The number of hydrogen-bond acceptors (Lipinski definition) is 3. The van der Waals surface area contributed by atoms with Crippen LogP contribution in [0.5, 0.6) is 5.75 Å². The summed E-state index contributed by atoms with van der Waals surface area (Å²) >= 11 is 1.91. The van der Waals surface area contributed by atoms with Crippen LogP contribution in [-0.4, -0.2) is 31.7 Å². The minimum Gasteiger partial charge on any atom is -0.496 e. The van der Waals surface area contributed by atoms with Gasteiger partial charge in [0.15, 0.2) is 0 Å². The molecule has 0 heterocycles. The summed E-state index contributed by atoms with van der Waals surface area (Å²) in [6.07, 6.45) is 4.40. The lowest BCUT2D eigenvalue weighted by molar-refractivity contribution is 0.404. The molecule has 0 radical (unpaired) electrons. The maximum absolute atomic E-state index is 5.45. The van der Waals surface area contributed by atoms with E-state index in [1.54, 1.807) is 7.11 Å². The van der Waals surface area contributed by atoms with Gasteiger partial charge in [0.25, 0.3) is 0 Å². The first-order valence-corrected chi connectivity index (χ1v) is 7.96. The molecule has 0 amide bonds. The molecule has 0 aromatic heterocycles. The van der Waals surface area contributed by atoms with Gasteiger partial charge in [0.1, 0.15) is 5.75 Å². The number of methoxy groups -OCH3 is 1. The van der Waals surface area contributed by atoms with Gasteiger partial charge in [-0.05, 0) is 49.9 Å². The van der Waals surface area contributed by atoms with E-state index in [4.69, 9.17) is 4.74 Å². The van der Waals surface area contributed by atoms with Crippen LogP contribution in [0.2, 0.25) is 0 Å². The lowest BCUT2D eigenvalue weighted by Crippen LogP contribution is -2.31. The Bertz CT molecular complexity index is 354. The standard InChI is InChI=1S/C15H25NOS/c1-5-16-14(8-9-18-4)11-13-10-12(2)6-7-15(13)17-3/h6-7,10,14,16H,5,8-9,11H2,1-4H3. The third kappa shape index (κ3) is 4.91. The molecule has 1 rings (SSSR count). The van der Waals surface area contributed by atoms with E-state index < -0.39 is 0 Å². The minimum absolute atomic E-state index is 0.540. The molecule has 1 atom stereocenters. The molecular formula is C15H25NOS. The lowest BCUT2D eigenvalue weighted by atomic mass is 10.0. The molecule has 1 aromatic rings.